The molecular weight excluding hydrogens is 276 g/mol. The number of thiocarbonyl (C=S) groups is 1. The van der Waals surface area contributed by atoms with Crippen molar-refractivity contribution in [2.24, 2.45) is 17.1 Å². The van der Waals surface area contributed by atoms with Gasteiger partial charge in [-0.05, 0) is 25.2 Å². The van der Waals surface area contributed by atoms with Crippen LogP contribution in [0, 0.1) is 11.3 Å². The van der Waals surface area contributed by atoms with Gasteiger partial charge in [-0.15, -0.1) is 0 Å². The van der Waals surface area contributed by atoms with Crippen molar-refractivity contribution in [1.29, 1.82) is 0 Å². The van der Waals surface area contributed by atoms with Gasteiger partial charge < -0.3 is 15.8 Å². The average Bonchev–Trinajstić information content (AvgIpc) is 2.38. The lowest BCUT2D eigenvalue weighted by Crippen LogP contribution is -2.53. The molecule has 1 amide bonds. The molecule has 0 bridgehead atoms. The molecule has 0 aromatic rings. The normalized spacial score (nSPS) is 12.9. The van der Waals surface area contributed by atoms with Gasteiger partial charge in [0.15, 0.2) is 0 Å². The number of methoxy groups -OCH3 is 1. The number of nitrogens with one attached hydrogen (secondary N) is 1. The Labute approximate surface area is 126 Å². The molecule has 5 nitrogen and oxygen atoms in total. The minimum absolute atomic E-state index is 0.160. The van der Waals surface area contributed by atoms with Crippen molar-refractivity contribution in [3.8, 4) is 0 Å². The number of amides is 1. The third-order valence-corrected chi connectivity index (χ3v) is 4.00. The fourth-order valence-corrected chi connectivity index (χ4v) is 2.54. The van der Waals surface area contributed by atoms with E-state index in [4.69, 9.17) is 22.7 Å². The average molecular weight is 302 g/mol. The Morgan fingerprint density at radius 2 is 1.80 bits per heavy atom. The molecular formula is C14H26N2O3S. The van der Waals surface area contributed by atoms with E-state index in [1.807, 2.05) is 27.7 Å². The minimum Gasteiger partial charge on any atom is -0.467 e. The molecule has 1 unspecified atom stereocenters. The first kappa shape index (κ1) is 18.8. The number of hydrogen-bond acceptors (Lipinski definition) is 4. The van der Waals surface area contributed by atoms with Crippen molar-refractivity contribution in [2.45, 2.75) is 53.0 Å². The number of ether oxygens (including phenoxy) is 1. The summed E-state index contributed by atoms with van der Waals surface area (Å²) in [5.41, 5.74) is 4.83. The van der Waals surface area contributed by atoms with Crippen molar-refractivity contribution < 1.29 is 14.3 Å². The molecule has 0 saturated carbocycles. The van der Waals surface area contributed by atoms with Gasteiger partial charge in [0.1, 0.15) is 6.04 Å². The summed E-state index contributed by atoms with van der Waals surface area (Å²) in [7, 11) is 1.31. The molecule has 0 aliphatic carbocycles. The van der Waals surface area contributed by atoms with E-state index in [2.05, 4.69) is 5.32 Å². The summed E-state index contributed by atoms with van der Waals surface area (Å²) < 4.78 is 4.74. The molecule has 0 rings (SSSR count). The highest BCUT2D eigenvalue weighted by molar-refractivity contribution is 7.80. The Bertz CT molecular complexity index is 365. The zero-order valence-electron chi connectivity index (χ0n) is 13.0. The second-order valence-corrected chi connectivity index (χ2v) is 5.77. The maximum Gasteiger partial charge on any atom is 0.328 e. The van der Waals surface area contributed by atoms with Crippen LogP contribution in [0.5, 0.6) is 0 Å². The number of hydrogen-bond donors (Lipinski definition) is 2. The molecule has 0 aromatic carbocycles. The summed E-state index contributed by atoms with van der Waals surface area (Å²) >= 11 is 5.04. The molecule has 6 heteroatoms. The molecule has 3 N–H and O–H groups in total. The van der Waals surface area contributed by atoms with Crippen molar-refractivity contribution in [1.82, 2.24) is 5.32 Å². The summed E-state index contributed by atoms with van der Waals surface area (Å²) in [6.07, 6.45) is 1.51. The first-order valence-corrected chi connectivity index (χ1v) is 7.34. The number of carbonyl (C=O) groups excluding carboxylic acids is 2. The highest BCUT2D eigenvalue weighted by Crippen LogP contribution is 2.27. The van der Waals surface area contributed by atoms with Crippen molar-refractivity contribution >= 4 is 29.1 Å². The zero-order valence-corrected chi connectivity index (χ0v) is 13.8. The highest BCUT2D eigenvalue weighted by Gasteiger charge is 2.40. The van der Waals surface area contributed by atoms with Crippen LogP contribution in [0.1, 0.15) is 47.0 Å². The second-order valence-electron chi connectivity index (χ2n) is 5.33. The van der Waals surface area contributed by atoms with Gasteiger partial charge in [0.2, 0.25) is 5.91 Å². The SMILES string of the molecule is CCC(CC)(C(=O)NC(CC(C)C)C(=O)OC)C(N)=S. The van der Waals surface area contributed by atoms with Crippen LogP contribution in [0.15, 0.2) is 0 Å². The molecule has 20 heavy (non-hydrogen) atoms. The summed E-state index contributed by atoms with van der Waals surface area (Å²) in [5.74, 6) is -0.496. The van der Waals surface area contributed by atoms with Gasteiger partial charge in [0.25, 0.3) is 0 Å². The lowest BCUT2D eigenvalue weighted by Gasteiger charge is -2.31. The minimum atomic E-state index is -0.904. The van der Waals surface area contributed by atoms with E-state index in [0.29, 0.717) is 19.3 Å². The zero-order chi connectivity index (χ0) is 15.9. The van der Waals surface area contributed by atoms with Gasteiger partial charge in [-0.2, -0.15) is 0 Å². The molecule has 0 spiro atoms. The summed E-state index contributed by atoms with van der Waals surface area (Å²) in [4.78, 5) is 24.4. The van der Waals surface area contributed by atoms with Crippen molar-refractivity contribution in [3.63, 3.8) is 0 Å². The molecule has 0 heterocycles. The van der Waals surface area contributed by atoms with Crippen molar-refractivity contribution in [3.05, 3.63) is 0 Å². The Hall–Kier alpha value is -1.17. The van der Waals surface area contributed by atoms with Crippen LogP contribution >= 0.6 is 12.2 Å². The Balaban J connectivity index is 5.15. The Morgan fingerprint density at radius 1 is 1.30 bits per heavy atom. The number of carbonyl (C=O) groups is 2. The molecule has 0 aliphatic heterocycles. The molecule has 116 valence electrons. The van der Waals surface area contributed by atoms with E-state index >= 15 is 0 Å². The fourth-order valence-electron chi connectivity index (χ4n) is 2.16. The maximum absolute atomic E-state index is 12.5. The molecule has 1 atom stereocenters. The largest absolute Gasteiger partial charge is 0.467 e. The molecule has 0 radical (unpaired) electrons. The van der Waals surface area contributed by atoms with Gasteiger partial charge in [0.05, 0.1) is 17.5 Å². The van der Waals surface area contributed by atoms with Gasteiger partial charge >= 0.3 is 5.97 Å². The highest BCUT2D eigenvalue weighted by atomic mass is 32.1. The van der Waals surface area contributed by atoms with Gasteiger partial charge in [-0.1, -0.05) is 39.9 Å². The van der Waals surface area contributed by atoms with Crippen LogP contribution in [0.2, 0.25) is 0 Å². The van der Waals surface area contributed by atoms with Crippen molar-refractivity contribution in [2.75, 3.05) is 7.11 Å². The monoisotopic (exact) mass is 302 g/mol. The predicted octanol–water partition coefficient (Wildman–Crippen LogP) is 1.78. The number of nitrogens with two attached hydrogens (primary N) is 1. The Morgan fingerprint density at radius 3 is 2.10 bits per heavy atom. The summed E-state index contributed by atoms with van der Waals surface area (Å²) in [5, 5.41) is 2.74. The Kier molecular flexibility index (Phi) is 7.71. The molecule has 0 aromatic heterocycles. The first-order chi connectivity index (χ1) is 9.24. The standard InChI is InChI=1S/C14H26N2O3S/c1-6-14(7-2,12(15)20)13(18)16-10(8-9(3)4)11(17)19-5/h9-10H,6-8H2,1-5H3,(H2,15,20)(H,16,18). The lowest BCUT2D eigenvalue weighted by atomic mass is 9.81. The fraction of sp³-hybridized carbons (Fsp3) is 0.786. The maximum atomic E-state index is 12.5. The van der Waals surface area contributed by atoms with E-state index < -0.39 is 17.4 Å². The molecule has 0 fully saturated rings. The summed E-state index contributed by atoms with van der Waals surface area (Å²) in [6.45, 7) is 7.67. The number of rotatable bonds is 8. The third-order valence-electron chi connectivity index (χ3n) is 3.61. The van der Waals surface area contributed by atoms with Crippen LogP contribution < -0.4 is 11.1 Å². The second kappa shape index (κ2) is 8.19. The van der Waals surface area contributed by atoms with E-state index in [1.165, 1.54) is 7.11 Å². The topological polar surface area (TPSA) is 81.4 Å². The van der Waals surface area contributed by atoms with Gasteiger partial charge in [-0.3, -0.25) is 4.79 Å². The van der Waals surface area contributed by atoms with E-state index in [-0.39, 0.29) is 16.8 Å². The van der Waals surface area contributed by atoms with Crippen LogP contribution in [0.25, 0.3) is 0 Å². The van der Waals surface area contributed by atoms with Crippen LogP contribution in [-0.2, 0) is 14.3 Å². The molecule has 0 aliphatic rings. The van der Waals surface area contributed by atoms with Crippen LogP contribution in [0.3, 0.4) is 0 Å². The number of esters is 1. The van der Waals surface area contributed by atoms with E-state index in [9.17, 15) is 9.59 Å². The first-order valence-electron chi connectivity index (χ1n) is 6.93. The smallest absolute Gasteiger partial charge is 0.328 e. The van der Waals surface area contributed by atoms with Crippen LogP contribution in [0.4, 0.5) is 0 Å². The van der Waals surface area contributed by atoms with E-state index in [0.717, 1.165) is 0 Å². The third kappa shape index (κ3) is 4.44. The van der Waals surface area contributed by atoms with Crippen LogP contribution in [-0.4, -0.2) is 30.0 Å². The lowest BCUT2D eigenvalue weighted by molar-refractivity contribution is -0.146. The predicted molar refractivity (Wildman–Crippen MR) is 83.2 cm³/mol. The summed E-state index contributed by atoms with van der Waals surface area (Å²) in [6, 6.07) is -0.667. The van der Waals surface area contributed by atoms with E-state index in [1.54, 1.807) is 0 Å². The van der Waals surface area contributed by atoms with Gasteiger partial charge in [0, 0.05) is 0 Å². The van der Waals surface area contributed by atoms with Gasteiger partial charge in [-0.25, -0.2) is 4.79 Å². The molecule has 0 saturated heterocycles. The quantitative estimate of drug-likeness (QED) is 0.527.